The number of para-hydroxylation sites is 1. The molecule has 0 spiro atoms. The molecule has 10 nitrogen and oxygen atoms in total. The number of nitrogen functional groups attached to an aromatic ring is 1. The van der Waals surface area contributed by atoms with Crippen LogP contribution in [-0.2, 0) is 25.0 Å². The lowest BCUT2D eigenvalue weighted by atomic mass is 10.0. The lowest BCUT2D eigenvalue weighted by Crippen LogP contribution is -2.42. The number of ether oxygens (including phenoxy) is 1. The Hall–Kier alpha value is -2.37. The molecule has 1 aromatic carbocycles. The van der Waals surface area contributed by atoms with Crippen LogP contribution in [0.5, 0.6) is 5.75 Å². The summed E-state index contributed by atoms with van der Waals surface area (Å²) < 4.78 is 62.3. The number of rotatable bonds is 5. The third kappa shape index (κ3) is 3.84. The first-order valence-corrected chi connectivity index (χ1v) is 10.3. The summed E-state index contributed by atoms with van der Waals surface area (Å²) in [6, 6.07) is 7.88. The van der Waals surface area contributed by atoms with E-state index in [9.17, 15) is 23.2 Å². The molecule has 162 valence electrons. The molecular formula is C17H18F2N3O7P. The third-order valence-corrected chi connectivity index (χ3v) is 6.10. The predicted octanol–water partition coefficient (Wildman–Crippen LogP) is 1.84. The minimum atomic E-state index is -4.20. The van der Waals surface area contributed by atoms with Crippen LogP contribution in [0.2, 0.25) is 0 Å². The van der Waals surface area contributed by atoms with Gasteiger partial charge in [-0.3, -0.25) is 13.6 Å². The van der Waals surface area contributed by atoms with Crippen molar-refractivity contribution in [1.29, 1.82) is 0 Å². The van der Waals surface area contributed by atoms with E-state index in [0.29, 0.717) is 5.56 Å². The van der Waals surface area contributed by atoms with Gasteiger partial charge < -0.3 is 20.1 Å². The molecule has 2 aliphatic heterocycles. The summed E-state index contributed by atoms with van der Waals surface area (Å²) in [5, 5.41) is 10.3. The molecule has 4 rings (SSSR count). The number of phosphoric ester groups is 1. The molecule has 0 aliphatic carbocycles. The van der Waals surface area contributed by atoms with Crippen LogP contribution < -0.4 is 15.9 Å². The van der Waals surface area contributed by atoms with Crippen LogP contribution in [0.4, 0.5) is 14.6 Å². The summed E-state index contributed by atoms with van der Waals surface area (Å²) in [6.07, 6.45) is -5.51. The number of aliphatic hydroxyl groups is 1. The van der Waals surface area contributed by atoms with Gasteiger partial charge in [-0.15, -0.1) is 0 Å². The normalized spacial score (nSPS) is 30.8. The molecule has 13 heteroatoms. The Kier molecular flexibility index (Phi) is 5.37. The van der Waals surface area contributed by atoms with Gasteiger partial charge in [0.1, 0.15) is 17.7 Å². The van der Waals surface area contributed by atoms with Gasteiger partial charge in [0.2, 0.25) is 0 Å². The fourth-order valence-corrected chi connectivity index (χ4v) is 4.51. The number of nitrogens with zero attached hydrogens (tertiary/aromatic N) is 2. The molecule has 30 heavy (non-hydrogen) atoms. The van der Waals surface area contributed by atoms with Crippen LogP contribution in [-0.4, -0.2) is 39.4 Å². The van der Waals surface area contributed by atoms with E-state index in [1.54, 1.807) is 24.3 Å². The number of hydrogen-bond donors (Lipinski definition) is 2. The first-order valence-electron chi connectivity index (χ1n) is 8.87. The summed E-state index contributed by atoms with van der Waals surface area (Å²) in [4.78, 5) is 15.5. The van der Waals surface area contributed by atoms with Crippen LogP contribution in [0.15, 0.2) is 41.3 Å². The Bertz CT molecular complexity index is 1050. The van der Waals surface area contributed by atoms with Crippen molar-refractivity contribution < 1.29 is 36.8 Å². The van der Waals surface area contributed by atoms with Crippen molar-refractivity contribution in [2.24, 2.45) is 0 Å². The second-order valence-corrected chi connectivity index (χ2v) is 8.47. The highest BCUT2D eigenvalue weighted by molar-refractivity contribution is 7.49. The molecule has 3 heterocycles. The van der Waals surface area contributed by atoms with Crippen LogP contribution in [0.25, 0.3) is 0 Å². The molecule has 4 atom stereocenters. The van der Waals surface area contributed by atoms with Gasteiger partial charge in [-0.05, 0) is 12.1 Å². The van der Waals surface area contributed by atoms with Crippen LogP contribution in [0.3, 0.4) is 0 Å². The molecule has 1 aromatic heterocycles. The molecule has 0 amide bonds. The molecule has 2 aliphatic rings. The van der Waals surface area contributed by atoms with E-state index in [4.69, 9.17) is 24.0 Å². The second kappa shape index (κ2) is 7.71. The zero-order chi connectivity index (χ0) is 21.5. The van der Waals surface area contributed by atoms with Gasteiger partial charge in [-0.2, -0.15) is 4.98 Å². The quantitative estimate of drug-likeness (QED) is 0.661. The number of aromatic nitrogens is 2. The summed E-state index contributed by atoms with van der Waals surface area (Å²) in [6.45, 7) is -0.997. The molecule has 0 bridgehead atoms. The monoisotopic (exact) mass is 445 g/mol. The highest BCUT2D eigenvalue weighted by atomic mass is 31.2. The van der Waals surface area contributed by atoms with E-state index in [0.717, 1.165) is 4.57 Å². The van der Waals surface area contributed by atoms with Gasteiger partial charge >= 0.3 is 13.5 Å². The molecule has 3 N–H and O–H groups in total. The van der Waals surface area contributed by atoms with E-state index < -0.39 is 50.9 Å². The molecule has 1 saturated heterocycles. The number of aliphatic hydroxyl groups excluding tert-OH is 1. The molecule has 1 fully saturated rings. The zero-order valence-corrected chi connectivity index (χ0v) is 16.3. The Morgan fingerprint density at radius 2 is 2.17 bits per heavy atom. The van der Waals surface area contributed by atoms with Crippen molar-refractivity contribution in [3.63, 3.8) is 0 Å². The fourth-order valence-electron chi connectivity index (χ4n) is 3.24. The van der Waals surface area contributed by atoms with Crippen molar-refractivity contribution >= 4 is 13.6 Å². The van der Waals surface area contributed by atoms with Crippen LogP contribution in [0, 0.1) is 0 Å². The predicted molar refractivity (Wildman–Crippen MR) is 97.8 cm³/mol. The Morgan fingerprint density at radius 1 is 1.40 bits per heavy atom. The topological polar surface area (TPSA) is 135 Å². The Labute approximate surface area is 168 Å². The zero-order valence-electron chi connectivity index (χ0n) is 15.4. The number of halogens is 2. The average Bonchev–Trinajstić information content (AvgIpc) is 3.04. The number of alkyl halides is 2. The fraction of sp³-hybridized carbons (Fsp3) is 0.412. The van der Waals surface area contributed by atoms with E-state index in [1.807, 2.05) is 0 Å². The van der Waals surface area contributed by atoms with Crippen molar-refractivity contribution in [3.05, 3.63) is 52.6 Å². The van der Waals surface area contributed by atoms with E-state index in [-0.39, 0.29) is 18.2 Å². The van der Waals surface area contributed by atoms with E-state index >= 15 is 0 Å². The Morgan fingerprint density at radius 3 is 2.90 bits per heavy atom. The van der Waals surface area contributed by atoms with Crippen LogP contribution >= 0.6 is 7.82 Å². The lowest BCUT2D eigenvalue weighted by Gasteiger charge is -2.31. The molecule has 0 saturated carbocycles. The van der Waals surface area contributed by atoms with Crippen molar-refractivity contribution in [1.82, 2.24) is 9.55 Å². The molecular weight excluding hydrogens is 427 g/mol. The average molecular weight is 445 g/mol. The molecule has 2 aromatic rings. The van der Waals surface area contributed by atoms with Crippen molar-refractivity contribution in [3.8, 4) is 5.75 Å². The number of anilines is 1. The van der Waals surface area contributed by atoms with Gasteiger partial charge in [0, 0.05) is 18.2 Å². The molecule has 0 radical (unpaired) electrons. The van der Waals surface area contributed by atoms with Gasteiger partial charge in [0.15, 0.2) is 11.8 Å². The van der Waals surface area contributed by atoms with Crippen LogP contribution in [0.1, 0.15) is 18.2 Å². The third-order valence-electron chi connectivity index (χ3n) is 4.79. The molecule has 4 unspecified atom stereocenters. The lowest BCUT2D eigenvalue weighted by molar-refractivity contribution is -0.171. The van der Waals surface area contributed by atoms with E-state index in [2.05, 4.69) is 4.98 Å². The number of nitrogens with two attached hydrogens (primary N) is 1. The Balaban J connectivity index is 1.53. The maximum atomic E-state index is 13.9. The smallest absolute Gasteiger partial charge is 0.404 e. The number of phosphoric acid groups is 1. The van der Waals surface area contributed by atoms with Gasteiger partial charge in [-0.1, -0.05) is 18.2 Å². The maximum Gasteiger partial charge on any atom is 0.530 e. The second-order valence-electron chi connectivity index (χ2n) is 6.88. The van der Waals surface area contributed by atoms with Gasteiger partial charge in [0.05, 0.1) is 13.2 Å². The summed E-state index contributed by atoms with van der Waals surface area (Å²) >= 11 is 0. The SMILES string of the molecule is Nc1ccn(C2OC(COP3(=O)OCc4ccccc4O3)(C(F)F)CC2O)c(=O)n1. The number of hydrogen-bond acceptors (Lipinski definition) is 9. The number of benzene rings is 1. The maximum absolute atomic E-state index is 13.9. The summed E-state index contributed by atoms with van der Waals surface area (Å²) in [5.74, 6) is 0.181. The largest absolute Gasteiger partial charge is 0.530 e. The first kappa shape index (κ1) is 20.9. The van der Waals surface area contributed by atoms with Gasteiger partial charge in [0.25, 0.3) is 6.43 Å². The van der Waals surface area contributed by atoms with Gasteiger partial charge in [-0.25, -0.2) is 18.1 Å². The number of fused-ring (bicyclic) bond motifs is 1. The highest BCUT2D eigenvalue weighted by Crippen LogP contribution is 2.56. The minimum absolute atomic E-state index is 0.0721. The standard InChI is InChI=1S/C17H18F2N3O7P/c18-15(19)17(7-11(23)14(28-17)22-6-5-13(20)21-16(22)24)9-27-30(25)26-8-10-3-1-2-4-12(10)29-30/h1-6,11,14-15,23H,7-9H2,(H2,20,21,24). The summed E-state index contributed by atoms with van der Waals surface area (Å²) in [7, 11) is -4.20. The van der Waals surface area contributed by atoms with Crippen molar-refractivity contribution in [2.75, 3.05) is 12.3 Å². The van der Waals surface area contributed by atoms with Crippen molar-refractivity contribution in [2.45, 2.75) is 37.4 Å². The first-order chi connectivity index (χ1) is 14.2. The van der Waals surface area contributed by atoms with E-state index in [1.165, 1.54) is 12.3 Å². The summed E-state index contributed by atoms with van der Waals surface area (Å²) in [5.41, 5.74) is 2.80. The minimum Gasteiger partial charge on any atom is -0.404 e. The highest BCUT2D eigenvalue weighted by Gasteiger charge is 2.55.